The highest BCUT2D eigenvalue weighted by atomic mass is 79.9. The summed E-state index contributed by atoms with van der Waals surface area (Å²) in [5.41, 5.74) is 1.61. The molecule has 0 radical (unpaired) electrons. The topological polar surface area (TPSA) is 29.5 Å². The molecule has 0 bridgehead atoms. The van der Waals surface area contributed by atoms with Crippen molar-refractivity contribution in [3.05, 3.63) is 40.4 Å². The zero-order valence-electron chi connectivity index (χ0n) is 8.87. The minimum Gasteiger partial charge on any atom is -0.508 e. The van der Waals surface area contributed by atoms with Crippen LogP contribution >= 0.6 is 15.9 Å². The summed E-state index contributed by atoms with van der Waals surface area (Å²) in [4.78, 5) is 0. The maximum atomic E-state index is 9.56. The van der Waals surface area contributed by atoms with E-state index in [2.05, 4.69) is 28.6 Å². The van der Waals surface area contributed by atoms with Crippen LogP contribution in [0.3, 0.4) is 0 Å². The predicted octanol–water partition coefficient (Wildman–Crippen LogP) is 4.16. The van der Waals surface area contributed by atoms with Crippen LogP contribution < -0.4 is 4.74 Å². The van der Waals surface area contributed by atoms with Gasteiger partial charge in [-0.1, -0.05) is 34.7 Å². The van der Waals surface area contributed by atoms with E-state index in [0.717, 1.165) is 28.6 Å². The number of aliphatic hydroxyl groups is 1. The standard InChI is InChI=1S/C13H13BrO2/c1-9(15)12-7-10(14)8-13-11(12)5-3-2-4-6-16-13/h3,5,7-8,15H,1-2,4,6H2/b5-3-. The first-order valence-corrected chi connectivity index (χ1v) is 5.99. The number of aliphatic hydroxyl groups excluding tert-OH is 1. The Bertz CT molecular complexity index is 449. The van der Waals surface area contributed by atoms with E-state index in [4.69, 9.17) is 4.74 Å². The van der Waals surface area contributed by atoms with Gasteiger partial charge in [-0.2, -0.15) is 0 Å². The molecule has 2 nitrogen and oxygen atoms in total. The molecule has 1 aromatic rings. The fourth-order valence-electron chi connectivity index (χ4n) is 1.71. The summed E-state index contributed by atoms with van der Waals surface area (Å²) >= 11 is 3.40. The molecule has 0 unspecified atom stereocenters. The van der Waals surface area contributed by atoms with E-state index in [1.165, 1.54) is 0 Å². The van der Waals surface area contributed by atoms with Gasteiger partial charge >= 0.3 is 0 Å². The van der Waals surface area contributed by atoms with Crippen LogP contribution in [0, 0.1) is 0 Å². The molecule has 0 fully saturated rings. The Kier molecular flexibility index (Phi) is 3.34. The van der Waals surface area contributed by atoms with Gasteiger partial charge < -0.3 is 9.84 Å². The smallest absolute Gasteiger partial charge is 0.128 e. The Morgan fingerprint density at radius 2 is 2.25 bits per heavy atom. The van der Waals surface area contributed by atoms with E-state index in [0.29, 0.717) is 12.2 Å². The molecule has 0 spiro atoms. The number of fused-ring (bicyclic) bond motifs is 1. The molecule has 2 rings (SSSR count). The van der Waals surface area contributed by atoms with Gasteiger partial charge in [-0.15, -0.1) is 0 Å². The second-order valence-electron chi connectivity index (χ2n) is 3.70. The summed E-state index contributed by atoms with van der Waals surface area (Å²) < 4.78 is 6.55. The molecule has 1 heterocycles. The summed E-state index contributed by atoms with van der Waals surface area (Å²) in [6.45, 7) is 4.27. The van der Waals surface area contributed by atoms with Crippen molar-refractivity contribution in [3.63, 3.8) is 0 Å². The Morgan fingerprint density at radius 1 is 1.44 bits per heavy atom. The van der Waals surface area contributed by atoms with E-state index in [1.807, 2.05) is 18.2 Å². The molecule has 1 aliphatic heterocycles. The number of ether oxygens (including phenoxy) is 1. The summed E-state index contributed by atoms with van der Waals surface area (Å²) in [7, 11) is 0. The molecule has 16 heavy (non-hydrogen) atoms. The Balaban J connectivity index is 2.58. The zero-order valence-corrected chi connectivity index (χ0v) is 10.5. The third-order valence-electron chi connectivity index (χ3n) is 2.47. The molecule has 1 aromatic carbocycles. The molecule has 3 heteroatoms. The molecule has 0 aromatic heterocycles. The first kappa shape index (κ1) is 11.3. The average molecular weight is 281 g/mol. The Morgan fingerprint density at radius 3 is 3.00 bits per heavy atom. The third-order valence-corrected chi connectivity index (χ3v) is 2.93. The summed E-state index contributed by atoms with van der Waals surface area (Å²) in [5, 5.41) is 9.56. The fourth-order valence-corrected chi connectivity index (χ4v) is 2.14. The lowest BCUT2D eigenvalue weighted by Crippen LogP contribution is -2.02. The summed E-state index contributed by atoms with van der Waals surface area (Å²) in [6.07, 6.45) is 6.09. The summed E-state index contributed by atoms with van der Waals surface area (Å²) in [6, 6.07) is 3.76. The van der Waals surface area contributed by atoms with Crippen LogP contribution in [0.15, 0.2) is 29.3 Å². The summed E-state index contributed by atoms with van der Waals surface area (Å²) in [5.74, 6) is 0.849. The van der Waals surface area contributed by atoms with Crippen LogP contribution in [0.1, 0.15) is 24.0 Å². The minimum absolute atomic E-state index is 0.0615. The molecular formula is C13H13BrO2. The predicted molar refractivity (Wildman–Crippen MR) is 69.6 cm³/mol. The fraction of sp³-hybridized carbons (Fsp3) is 0.231. The number of hydrogen-bond donors (Lipinski definition) is 1. The van der Waals surface area contributed by atoms with Gasteiger partial charge in [0.2, 0.25) is 0 Å². The van der Waals surface area contributed by atoms with Gasteiger partial charge in [-0.05, 0) is 25.0 Å². The number of rotatable bonds is 1. The molecule has 84 valence electrons. The van der Waals surface area contributed by atoms with Gasteiger partial charge in [0.1, 0.15) is 11.5 Å². The minimum atomic E-state index is 0.0615. The lowest BCUT2D eigenvalue weighted by Gasteiger charge is -2.15. The quantitative estimate of drug-likeness (QED) is 0.783. The van der Waals surface area contributed by atoms with E-state index in [1.54, 1.807) is 0 Å². The van der Waals surface area contributed by atoms with Crippen LogP contribution in [0.5, 0.6) is 5.75 Å². The first-order valence-electron chi connectivity index (χ1n) is 5.19. The average Bonchev–Trinajstić information content (AvgIpc) is 2.19. The molecule has 0 saturated carbocycles. The van der Waals surface area contributed by atoms with Gasteiger partial charge in [0, 0.05) is 15.6 Å². The molecule has 1 aliphatic rings. The molecule has 0 atom stereocenters. The number of allylic oxidation sites excluding steroid dienone is 1. The maximum absolute atomic E-state index is 9.56. The van der Waals surface area contributed by atoms with E-state index in [-0.39, 0.29) is 5.76 Å². The highest BCUT2D eigenvalue weighted by Crippen LogP contribution is 2.33. The van der Waals surface area contributed by atoms with Gasteiger partial charge in [0.25, 0.3) is 0 Å². The van der Waals surface area contributed by atoms with Crippen molar-refractivity contribution in [3.8, 4) is 5.75 Å². The molecule has 1 N–H and O–H groups in total. The van der Waals surface area contributed by atoms with Crippen molar-refractivity contribution in [2.75, 3.05) is 6.61 Å². The second kappa shape index (κ2) is 4.74. The van der Waals surface area contributed by atoms with Crippen LogP contribution in [0.25, 0.3) is 11.8 Å². The van der Waals surface area contributed by atoms with Crippen molar-refractivity contribution in [1.82, 2.24) is 0 Å². The Hall–Kier alpha value is -1.22. The van der Waals surface area contributed by atoms with Crippen LogP contribution in [0.4, 0.5) is 0 Å². The van der Waals surface area contributed by atoms with Gasteiger partial charge in [0.05, 0.1) is 6.61 Å². The van der Waals surface area contributed by atoms with Crippen molar-refractivity contribution < 1.29 is 9.84 Å². The van der Waals surface area contributed by atoms with Crippen LogP contribution in [0.2, 0.25) is 0 Å². The zero-order chi connectivity index (χ0) is 11.5. The SMILES string of the molecule is C=C(O)c1cc(Br)cc2c1/C=C\CCCO2. The highest BCUT2D eigenvalue weighted by molar-refractivity contribution is 9.10. The molecule has 0 amide bonds. The van der Waals surface area contributed by atoms with Crippen molar-refractivity contribution in [2.45, 2.75) is 12.8 Å². The van der Waals surface area contributed by atoms with Gasteiger partial charge in [-0.3, -0.25) is 0 Å². The monoisotopic (exact) mass is 280 g/mol. The highest BCUT2D eigenvalue weighted by Gasteiger charge is 2.12. The largest absolute Gasteiger partial charge is 0.508 e. The number of benzene rings is 1. The lowest BCUT2D eigenvalue weighted by molar-refractivity contribution is 0.310. The van der Waals surface area contributed by atoms with Crippen molar-refractivity contribution in [1.29, 1.82) is 0 Å². The second-order valence-corrected chi connectivity index (χ2v) is 4.62. The molecule has 0 aliphatic carbocycles. The van der Waals surface area contributed by atoms with Gasteiger partial charge in [-0.25, -0.2) is 0 Å². The van der Waals surface area contributed by atoms with E-state index >= 15 is 0 Å². The first-order chi connectivity index (χ1) is 7.68. The normalized spacial score (nSPS) is 16.6. The number of hydrogen-bond acceptors (Lipinski definition) is 2. The molecular weight excluding hydrogens is 268 g/mol. The van der Waals surface area contributed by atoms with Crippen molar-refractivity contribution >= 4 is 27.8 Å². The molecule has 0 saturated heterocycles. The van der Waals surface area contributed by atoms with E-state index < -0.39 is 0 Å². The number of halogens is 1. The Labute approximate surface area is 103 Å². The lowest BCUT2D eigenvalue weighted by atomic mass is 10.0. The third kappa shape index (κ3) is 2.30. The maximum Gasteiger partial charge on any atom is 0.128 e. The van der Waals surface area contributed by atoms with Crippen molar-refractivity contribution in [2.24, 2.45) is 0 Å². The van der Waals surface area contributed by atoms with Gasteiger partial charge in [0.15, 0.2) is 0 Å². The van der Waals surface area contributed by atoms with Crippen LogP contribution in [-0.4, -0.2) is 11.7 Å². The van der Waals surface area contributed by atoms with Crippen LogP contribution in [-0.2, 0) is 0 Å². The van der Waals surface area contributed by atoms with E-state index in [9.17, 15) is 5.11 Å².